The number of aromatic nitrogens is 4. The van der Waals surface area contributed by atoms with Crippen LogP contribution in [0.5, 0.6) is 0 Å². The van der Waals surface area contributed by atoms with Gasteiger partial charge in [0.2, 0.25) is 0 Å². The van der Waals surface area contributed by atoms with Gasteiger partial charge < -0.3 is 9.88 Å². The molecule has 0 aromatic carbocycles. The molecule has 1 unspecified atom stereocenters. The number of nitrogens with one attached hydrogen (secondary N) is 1. The van der Waals surface area contributed by atoms with Crippen LogP contribution in [0, 0.1) is 0 Å². The van der Waals surface area contributed by atoms with Gasteiger partial charge in [0.15, 0.2) is 0 Å². The van der Waals surface area contributed by atoms with Crippen LogP contribution < -0.4 is 5.32 Å². The van der Waals surface area contributed by atoms with Gasteiger partial charge in [-0.15, -0.1) is 0 Å². The van der Waals surface area contributed by atoms with E-state index in [1.54, 1.807) is 0 Å². The second kappa shape index (κ2) is 5.14. The smallest absolute Gasteiger partial charge is 0.130 e. The first kappa shape index (κ1) is 11.9. The van der Waals surface area contributed by atoms with E-state index < -0.39 is 0 Å². The van der Waals surface area contributed by atoms with Gasteiger partial charge in [-0.05, 0) is 13.5 Å². The Morgan fingerprint density at radius 3 is 2.88 bits per heavy atom. The molecule has 0 aliphatic heterocycles. The third-order valence-corrected chi connectivity index (χ3v) is 2.84. The Morgan fingerprint density at radius 2 is 2.29 bits per heavy atom. The van der Waals surface area contributed by atoms with Gasteiger partial charge in [0, 0.05) is 37.7 Å². The number of hydrogen-bond donors (Lipinski definition) is 1. The van der Waals surface area contributed by atoms with E-state index in [-0.39, 0.29) is 6.04 Å². The van der Waals surface area contributed by atoms with Gasteiger partial charge in [-0.3, -0.25) is 4.68 Å². The van der Waals surface area contributed by atoms with Crippen molar-refractivity contribution in [3.63, 3.8) is 0 Å². The molecule has 5 heteroatoms. The Kier molecular flexibility index (Phi) is 3.58. The Labute approximate surface area is 101 Å². The summed E-state index contributed by atoms with van der Waals surface area (Å²) in [5.41, 5.74) is 1.15. The highest BCUT2D eigenvalue weighted by Crippen LogP contribution is 2.19. The molecule has 92 valence electrons. The van der Waals surface area contributed by atoms with E-state index >= 15 is 0 Å². The van der Waals surface area contributed by atoms with Gasteiger partial charge in [0.25, 0.3) is 0 Å². The summed E-state index contributed by atoms with van der Waals surface area (Å²) in [7, 11) is 3.94. The molecule has 2 rings (SSSR count). The molecule has 1 N–H and O–H groups in total. The molecule has 0 amide bonds. The lowest BCUT2D eigenvalue weighted by Gasteiger charge is -2.13. The first-order valence-corrected chi connectivity index (χ1v) is 5.93. The predicted octanol–water partition coefficient (Wildman–Crippen LogP) is 1.34. The molecule has 0 saturated heterocycles. The molecular formula is C12H19N5. The van der Waals surface area contributed by atoms with E-state index in [2.05, 4.69) is 28.5 Å². The van der Waals surface area contributed by atoms with Crippen LogP contribution >= 0.6 is 0 Å². The van der Waals surface area contributed by atoms with Crippen molar-refractivity contribution in [3.8, 4) is 0 Å². The quantitative estimate of drug-likeness (QED) is 0.847. The fourth-order valence-electron chi connectivity index (χ4n) is 1.98. The third kappa shape index (κ3) is 2.39. The molecule has 2 heterocycles. The fourth-order valence-corrected chi connectivity index (χ4v) is 1.98. The normalized spacial score (nSPS) is 12.9. The number of hydrogen-bond acceptors (Lipinski definition) is 3. The van der Waals surface area contributed by atoms with Gasteiger partial charge >= 0.3 is 0 Å². The zero-order valence-corrected chi connectivity index (χ0v) is 10.6. The maximum atomic E-state index is 4.38. The summed E-state index contributed by atoms with van der Waals surface area (Å²) in [5.74, 6) is 1.00. The molecule has 0 aliphatic rings. The molecule has 1 atom stereocenters. The minimum Gasteiger partial charge on any atom is -0.336 e. The summed E-state index contributed by atoms with van der Waals surface area (Å²) in [6, 6.07) is 0.0978. The lowest BCUT2D eigenvalue weighted by atomic mass is 10.1. The molecule has 17 heavy (non-hydrogen) atoms. The molecule has 0 bridgehead atoms. The van der Waals surface area contributed by atoms with Crippen LogP contribution in [0.2, 0.25) is 0 Å². The van der Waals surface area contributed by atoms with E-state index in [0.717, 1.165) is 24.4 Å². The summed E-state index contributed by atoms with van der Waals surface area (Å²) < 4.78 is 4.00. The SMILES string of the molecule is CCCn1cc(C(NC)c2nccn2C)cn1. The maximum absolute atomic E-state index is 4.38. The average molecular weight is 233 g/mol. The number of rotatable bonds is 5. The van der Waals surface area contributed by atoms with Gasteiger partial charge in [-0.25, -0.2) is 4.98 Å². The standard InChI is InChI=1S/C12H19N5/c1-4-6-17-9-10(8-15-17)11(13-2)12-14-5-7-16(12)3/h5,7-9,11,13H,4,6H2,1-3H3. The van der Waals surface area contributed by atoms with Crippen LogP contribution in [-0.2, 0) is 13.6 Å². The lowest BCUT2D eigenvalue weighted by Crippen LogP contribution is -2.20. The maximum Gasteiger partial charge on any atom is 0.130 e. The average Bonchev–Trinajstić information content (AvgIpc) is 2.92. The summed E-state index contributed by atoms with van der Waals surface area (Å²) in [4.78, 5) is 4.38. The van der Waals surface area contributed by atoms with Gasteiger partial charge in [0.1, 0.15) is 5.82 Å². The molecule has 0 saturated carbocycles. The molecule has 5 nitrogen and oxygen atoms in total. The van der Waals surface area contributed by atoms with Crippen molar-refractivity contribution in [1.82, 2.24) is 24.6 Å². The van der Waals surface area contributed by atoms with Crippen molar-refractivity contribution in [3.05, 3.63) is 36.2 Å². The fraction of sp³-hybridized carbons (Fsp3) is 0.500. The van der Waals surface area contributed by atoms with Crippen LogP contribution in [0.1, 0.15) is 30.8 Å². The molecular weight excluding hydrogens is 214 g/mol. The second-order valence-electron chi connectivity index (χ2n) is 4.15. The first-order chi connectivity index (χ1) is 8.26. The van der Waals surface area contributed by atoms with E-state index in [4.69, 9.17) is 0 Å². The Balaban J connectivity index is 2.26. The van der Waals surface area contributed by atoms with Crippen LogP contribution in [0.3, 0.4) is 0 Å². The zero-order valence-electron chi connectivity index (χ0n) is 10.6. The molecule has 0 aliphatic carbocycles. The largest absolute Gasteiger partial charge is 0.336 e. The monoisotopic (exact) mass is 233 g/mol. The predicted molar refractivity (Wildman–Crippen MR) is 66.6 cm³/mol. The highest BCUT2D eigenvalue weighted by atomic mass is 15.3. The van der Waals surface area contributed by atoms with E-state index in [1.807, 2.05) is 41.9 Å². The summed E-state index contributed by atoms with van der Waals surface area (Å²) in [6.45, 7) is 3.10. The van der Waals surface area contributed by atoms with Crippen LogP contribution in [0.15, 0.2) is 24.8 Å². The number of nitrogens with zero attached hydrogens (tertiary/aromatic N) is 4. The van der Waals surface area contributed by atoms with Crippen molar-refractivity contribution in [2.24, 2.45) is 7.05 Å². The highest BCUT2D eigenvalue weighted by molar-refractivity contribution is 5.19. The Morgan fingerprint density at radius 1 is 1.47 bits per heavy atom. The minimum absolute atomic E-state index is 0.0978. The highest BCUT2D eigenvalue weighted by Gasteiger charge is 2.17. The molecule has 0 spiro atoms. The van der Waals surface area contributed by atoms with Crippen molar-refractivity contribution in [1.29, 1.82) is 0 Å². The van der Waals surface area contributed by atoms with Crippen molar-refractivity contribution in [2.75, 3.05) is 7.05 Å². The zero-order chi connectivity index (χ0) is 12.3. The summed E-state index contributed by atoms with van der Waals surface area (Å²) in [5, 5.41) is 7.63. The van der Waals surface area contributed by atoms with Crippen LogP contribution in [0.25, 0.3) is 0 Å². The third-order valence-electron chi connectivity index (χ3n) is 2.84. The number of imidazole rings is 1. The van der Waals surface area contributed by atoms with Crippen molar-refractivity contribution >= 4 is 0 Å². The van der Waals surface area contributed by atoms with Crippen LogP contribution in [-0.4, -0.2) is 26.4 Å². The molecule has 0 fully saturated rings. The van der Waals surface area contributed by atoms with Crippen molar-refractivity contribution < 1.29 is 0 Å². The molecule has 0 radical (unpaired) electrons. The minimum atomic E-state index is 0.0978. The molecule has 2 aromatic heterocycles. The summed E-state index contributed by atoms with van der Waals surface area (Å²) in [6.07, 6.45) is 8.85. The molecule has 2 aromatic rings. The Hall–Kier alpha value is -1.62. The van der Waals surface area contributed by atoms with Gasteiger partial charge in [0.05, 0.1) is 12.2 Å². The van der Waals surface area contributed by atoms with E-state index in [0.29, 0.717) is 0 Å². The topological polar surface area (TPSA) is 47.7 Å². The first-order valence-electron chi connectivity index (χ1n) is 5.93. The van der Waals surface area contributed by atoms with Gasteiger partial charge in [-0.1, -0.05) is 6.92 Å². The van der Waals surface area contributed by atoms with Gasteiger partial charge in [-0.2, -0.15) is 5.10 Å². The Bertz CT molecular complexity index is 471. The van der Waals surface area contributed by atoms with Crippen molar-refractivity contribution in [2.45, 2.75) is 25.9 Å². The second-order valence-corrected chi connectivity index (χ2v) is 4.15. The van der Waals surface area contributed by atoms with Crippen LogP contribution in [0.4, 0.5) is 0 Å². The summed E-state index contributed by atoms with van der Waals surface area (Å²) >= 11 is 0. The lowest BCUT2D eigenvalue weighted by molar-refractivity contribution is 0.595. The van der Waals surface area contributed by atoms with E-state index in [9.17, 15) is 0 Å². The number of aryl methyl sites for hydroxylation is 2. The van der Waals surface area contributed by atoms with E-state index in [1.165, 1.54) is 0 Å².